The van der Waals surface area contributed by atoms with Crippen molar-refractivity contribution in [2.75, 3.05) is 20.6 Å². The Kier molecular flexibility index (Phi) is 4.67. The van der Waals surface area contributed by atoms with Gasteiger partial charge in [0.05, 0.1) is 22.8 Å². The van der Waals surface area contributed by atoms with Crippen molar-refractivity contribution in [3.8, 4) is 0 Å². The molecule has 1 aromatic heterocycles. The van der Waals surface area contributed by atoms with Gasteiger partial charge in [-0.05, 0) is 42.2 Å². The second kappa shape index (κ2) is 6.28. The highest BCUT2D eigenvalue weighted by atomic mass is 79.9. The Bertz CT molecular complexity index is 625. The summed E-state index contributed by atoms with van der Waals surface area (Å²) in [5.41, 5.74) is 0.428. The molecule has 0 atom stereocenters. The molecule has 0 saturated carbocycles. The van der Waals surface area contributed by atoms with Crippen molar-refractivity contribution in [3.63, 3.8) is 0 Å². The van der Waals surface area contributed by atoms with Gasteiger partial charge in [0.25, 0.3) is 0 Å². The Morgan fingerprint density at radius 1 is 1.40 bits per heavy atom. The molecule has 2 aromatic rings. The number of ketones is 1. The summed E-state index contributed by atoms with van der Waals surface area (Å²) in [5.74, 6) is -0.893. The second-order valence-corrected chi connectivity index (χ2v) is 5.53. The predicted octanol–water partition coefficient (Wildman–Crippen LogP) is 2.58. The average molecular weight is 340 g/mol. The topological polar surface area (TPSA) is 38.1 Å². The van der Waals surface area contributed by atoms with Gasteiger partial charge < -0.3 is 4.90 Å². The van der Waals surface area contributed by atoms with Crippen LogP contribution in [0.5, 0.6) is 0 Å². The van der Waals surface area contributed by atoms with E-state index in [1.165, 1.54) is 12.1 Å². The Morgan fingerprint density at radius 2 is 2.10 bits per heavy atom. The van der Waals surface area contributed by atoms with Crippen LogP contribution in [0.1, 0.15) is 16.1 Å². The van der Waals surface area contributed by atoms with Crippen LogP contribution >= 0.6 is 15.9 Å². The van der Waals surface area contributed by atoms with Crippen molar-refractivity contribution < 1.29 is 9.18 Å². The summed E-state index contributed by atoms with van der Waals surface area (Å²) < 4.78 is 15.9. The van der Waals surface area contributed by atoms with E-state index in [2.05, 4.69) is 21.0 Å². The fourth-order valence-corrected chi connectivity index (χ4v) is 2.30. The summed E-state index contributed by atoms with van der Waals surface area (Å²) >= 11 is 3.31. The van der Waals surface area contributed by atoms with Gasteiger partial charge in [-0.3, -0.25) is 9.48 Å². The van der Waals surface area contributed by atoms with E-state index in [0.29, 0.717) is 16.7 Å². The normalized spacial score (nSPS) is 11.1. The number of rotatable bonds is 5. The fraction of sp³-hybridized carbons (Fsp3) is 0.286. The number of carbonyl (C=O) groups excluding carboxylic acids is 1. The van der Waals surface area contributed by atoms with Crippen molar-refractivity contribution in [1.29, 1.82) is 0 Å². The molecule has 6 heteroatoms. The molecule has 106 valence electrons. The van der Waals surface area contributed by atoms with Crippen LogP contribution in [0.15, 0.2) is 34.9 Å². The van der Waals surface area contributed by atoms with Gasteiger partial charge in [0.1, 0.15) is 11.5 Å². The number of halogens is 2. The van der Waals surface area contributed by atoms with E-state index in [1.54, 1.807) is 23.0 Å². The number of carbonyl (C=O) groups is 1. The van der Waals surface area contributed by atoms with Crippen molar-refractivity contribution in [3.05, 3.63) is 52.0 Å². The van der Waals surface area contributed by atoms with E-state index in [4.69, 9.17) is 0 Å². The van der Waals surface area contributed by atoms with Crippen LogP contribution in [0.3, 0.4) is 0 Å². The molecule has 0 aliphatic rings. The monoisotopic (exact) mass is 339 g/mol. The molecule has 4 nitrogen and oxygen atoms in total. The van der Waals surface area contributed by atoms with Gasteiger partial charge in [0.2, 0.25) is 5.78 Å². The molecular weight excluding hydrogens is 325 g/mol. The number of hydrogen-bond acceptors (Lipinski definition) is 3. The summed E-state index contributed by atoms with van der Waals surface area (Å²) in [5, 5.41) is 4.16. The molecule has 20 heavy (non-hydrogen) atoms. The standard InChI is InChI=1S/C14H15BrFN3O/c1-18(2)7-8-19-13(11(15)9-17-19)14(20)10-5-3-4-6-12(10)16/h3-6,9H,7-8H2,1-2H3. The third kappa shape index (κ3) is 3.13. The van der Waals surface area contributed by atoms with E-state index in [9.17, 15) is 9.18 Å². The molecule has 1 aromatic carbocycles. The fourth-order valence-electron chi connectivity index (χ4n) is 1.83. The molecule has 0 radical (unpaired) electrons. The first-order valence-electron chi connectivity index (χ1n) is 6.16. The van der Waals surface area contributed by atoms with Gasteiger partial charge in [-0.15, -0.1) is 0 Å². The van der Waals surface area contributed by atoms with Crippen LogP contribution in [0, 0.1) is 5.82 Å². The number of hydrogen-bond donors (Lipinski definition) is 0. The van der Waals surface area contributed by atoms with Crippen molar-refractivity contribution in [2.45, 2.75) is 6.54 Å². The smallest absolute Gasteiger partial charge is 0.215 e. The Labute approximate surface area is 125 Å². The lowest BCUT2D eigenvalue weighted by Crippen LogP contribution is -2.22. The summed E-state index contributed by atoms with van der Waals surface area (Å²) in [4.78, 5) is 14.5. The van der Waals surface area contributed by atoms with Gasteiger partial charge in [-0.1, -0.05) is 12.1 Å². The highest BCUT2D eigenvalue weighted by Crippen LogP contribution is 2.21. The van der Waals surface area contributed by atoms with E-state index >= 15 is 0 Å². The van der Waals surface area contributed by atoms with Crippen molar-refractivity contribution in [1.82, 2.24) is 14.7 Å². The first-order chi connectivity index (χ1) is 9.50. The van der Waals surface area contributed by atoms with E-state index in [1.807, 2.05) is 19.0 Å². The van der Waals surface area contributed by atoms with Gasteiger partial charge >= 0.3 is 0 Å². The Morgan fingerprint density at radius 3 is 2.75 bits per heavy atom. The average Bonchev–Trinajstić information content (AvgIpc) is 2.77. The van der Waals surface area contributed by atoms with E-state index < -0.39 is 5.82 Å². The number of aromatic nitrogens is 2. The summed E-state index contributed by atoms with van der Waals surface area (Å²) in [6.07, 6.45) is 1.56. The van der Waals surface area contributed by atoms with Crippen LogP contribution in [-0.4, -0.2) is 41.1 Å². The molecule has 0 aliphatic carbocycles. The van der Waals surface area contributed by atoms with Crippen LogP contribution in [0.4, 0.5) is 4.39 Å². The third-order valence-corrected chi connectivity index (χ3v) is 3.47. The lowest BCUT2D eigenvalue weighted by atomic mass is 10.1. The number of benzene rings is 1. The molecule has 0 aliphatic heterocycles. The molecule has 0 N–H and O–H groups in total. The molecule has 0 bridgehead atoms. The SMILES string of the molecule is CN(C)CCn1ncc(Br)c1C(=O)c1ccccc1F. The Balaban J connectivity index is 2.35. The van der Waals surface area contributed by atoms with Crippen LogP contribution < -0.4 is 0 Å². The highest BCUT2D eigenvalue weighted by molar-refractivity contribution is 9.10. The van der Waals surface area contributed by atoms with Gasteiger partial charge in [0, 0.05) is 6.54 Å². The van der Waals surface area contributed by atoms with Crippen molar-refractivity contribution in [2.24, 2.45) is 0 Å². The van der Waals surface area contributed by atoms with E-state index in [-0.39, 0.29) is 11.3 Å². The van der Waals surface area contributed by atoms with Crippen LogP contribution in [0.25, 0.3) is 0 Å². The molecule has 2 rings (SSSR count). The number of likely N-dealkylation sites (N-methyl/N-ethyl adjacent to an activating group) is 1. The molecule has 0 fully saturated rings. The lowest BCUT2D eigenvalue weighted by Gasteiger charge is -2.12. The maximum Gasteiger partial charge on any atom is 0.215 e. The first kappa shape index (κ1) is 14.9. The van der Waals surface area contributed by atoms with Gasteiger partial charge in [0.15, 0.2) is 0 Å². The Hall–Kier alpha value is -1.53. The zero-order valence-electron chi connectivity index (χ0n) is 11.3. The molecular formula is C14H15BrFN3O. The van der Waals surface area contributed by atoms with Gasteiger partial charge in [-0.2, -0.15) is 5.10 Å². The largest absolute Gasteiger partial charge is 0.308 e. The van der Waals surface area contributed by atoms with Crippen LogP contribution in [0.2, 0.25) is 0 Å². The molecule has 0 unspecified atom stereocenters. The molecule has 0 amide bonds. The summed E-state index contributed by atoms with van der Waals surface area (Å²) in [7, 11) is 3.88. The van der Waals surface area contributed by atoms with Gasteiger partial charge in [-0.25, -0.2) is 4.39 Å². The zero-order valence-corrected chi connectivity index (χ0v) is 12.9. The lowest BCUT2D eigenvalue weighted by molar-refractivity contribution is 0.102. The van der Waals surface area contributed by atoms with E-state index in [0.717, 1.165) is 6.54 Å². The minimum Gasteiger partial charge on any atom is -0.308 e. The third-order valence-electron chi connectivity index (χ3n) is 2.89. The quantitative estimate of drug-likeness (QED) is 0.786. The predicted molar refractivity (Wildman–Crippen MR) is 78.3 cm³/mol. The number of nitrogens with zero attached hydrogens (tertiary/aromatic N) is 3. The molecule has 0 saturated heterocycles. The maximum atomic E-state index is 13.7. The molecule has 1 heterocycles. The minimum atomic E-state index is -0.523. The minimum absolute atomic E-state index is 0.0554. The van der Waals surface area contributed by atoms with Crippen molar-refractivity contribution >= 4 is 21.7 Å². The molecule has 0 spiro atoms. The summed E-state index contributed by atoms with van der Waals surface area (Å²) in [6.45, 7) is 1.31. The highest BCUT2D eigenvalue weighted by Gasteiger charge is 2.21. The summed E-state index contributed by atoms with van der Waals surface area (Å²) in [6, 6.07) is 5.96. The zero-order chi connectivity index (χ0) is 14.7. The van der Waals surface area contributed by atoms with Crippen LogP contribution in [-0.2, 0) is 6.54 Å². The maximum absolute atomic E-state index is 13.7. The second-order valence-electron chi connectivity index (χ2n) is 4.68. The first-order valence-corrected chi connectivity index (χ1v) is 6.95.